The van der Waals surface area contributed by atoms with Crippen molar-refractivity contribution >= 4 is 28.6 Å². The first-order valence-electron chi connectivity index (χ1n) is 11.2. The molecule has 1 amide bonds. The van der Waals surface area contributed by atoms with Crippen molar-refractivity contribution in [1.29, 1.82) is 0 Å². The number of hydrogen-bond acceptors (Lipinski definition) is 7. The summed E-state index contributed by atoms with van der Waals surface area (Å²) in [6.45, 7) is 5.92. The van der Waals surface area contributed by atoms with E-state index in [1.165, 1.54) is 10.4 Å². The van der Waals surface area contributed by atoms with Gasteiger partial charge in [-0.05, 0) is 62.0 Å². The quantitative estimate of drug-likeness (QED) is 0.605. The largest absolute Gasteiger partial charge is 0.380 e. The van der Waals surface area contributed by atoms with Gasteiger partial charge in [0.1, 0.15) is 11.4 Å². The topological polar surface area (TPSA) is 87.7 Å². The molecule has 2 aromatic rings. The van der Waals surface area contributed by atoms with E-state index in [1.54, 1.807) is 11.3 Å². The second kappa shape index (κ2) is 9.96. The molecule has 2 N–H and O–H groups in total. The average molecular weight is 446 g/mol. The number of anilines is 2. The van der Waals surface area contributed by atoms with Gasteiger partial charge in [-0.2, -0.15) is 0 Å². The minimum atomic E-state index is -0.407. The lowest BCUT2D eigenvalue weighted by molar-refractivity contribution is -0.126. The van der Waals surface area contributed by atoms with E-state index >= 15 is 0 Å². The molecule has 0 bridgehead atoms. The van der Waals surface area contributed by atoms with Crippen LogP contribution in [-0.2, 0) is 16.0 Å². The number of morpholine rings is 1. The predicted octanol–water partition coefficient (Wildman–Crippen LogP) is 2.07. The summed E-state index contributed by atoms with van der Waals surface area (Å²) >= 11 is 1.74. The van der Waals surface area contributed by atoms with Crippen LogP contribution >= 0.6 is 11.3 Å². The van der Waals surface area contributed by atoms with Gasteiger partial charge in [-0.1, -0.05) is 0 Å². The summed E-state index contributed by atoms with van der Waals surface area (Å²) in [5.41, 5.74) is 1.50. The summed E-state index contributed by atoms with van der Waals surface area (Å²) in [5.74, 6) is 0.660. The monoisotopic (exact) mass is 445 g/mol. The molecule has 1 aromatic carbocycles. The molecule has 0 radical (unpaired) electrons. The molecular formula is C23H31N3O4S. The lowest BCUT2D eigenvalue weighted by Gasteiger charge is -2.32. The molecule has 4 rings (SSSR count). The third-order valence-electron chi connectivity index (χ3n) is 6.62. The number of hydrogen-bond donors (Lipinski definition) is 2. The SMILES string of the molecule is Cc1ccsc1CCNC(=O)C1CCC(CNc2c(N3CCOCC3)c(=O)c2=O)CC1. The molecule has 31 heavy (non-hydrogen) atoms. The van der Waals surface area contributed by atoms with Crippen molar-refractivity contribution in [3.63, 3.8) is 0 Å². The third-order valence-corrected chi connectivity index (χ3v) is 7.70. The van der Waals surface area contributed by atoms with Gasteiger partial charge >= 0.3 is 0 Å². The second-order valence-electron chi connectivity index (χ2n) is 8.65. The number of thiophene rings is 1. The van der Waals surface area contributed by atoms with E-state index in [-0.39, 0.29) is 17.3 Å². The van der Waals surface area contributed by atoms with E-state index in [9.17, 15) is 14.4 Å². The van der Waals surface area contributed by atoms with Crippen LogP contribution in [0.3, 0.4) is 0 Å². The zero-order chi connectivity index (χ0) is 21.8. The smallest absolute Gasteiger partial charge is 0.253 e. The molecule has 2 fully saturated rings. The van der Waals surface area contributed by atoms with Crippen LogP contribution in [0.25, 0.3) is 0 Å². The Bertz CT molecular complexity index is 964. The van der Waals surface area contributed by atoms with Gasteiger partial charge in [-0.15, -0.1) is 11.3 Å². The van der Waals surface area contributed by atoms with Crippen LogP contribution in [0.4, 0.5) is 11.4 Å². The van der Waals surface area contributed by atoms with E-state index in [1.807, 2.05) is 4.90 Å². The number of nitrogens with zero attached hydrogens (tertiary/aromatic N) is 1. The van der Waals surface area contributed by atoms with Crippen molar-refractivity contribution in [1.82, 2.24) is 5.32 Å². The first-order chi connectivity index (χ1) is 15.0. The minimum absolute atomic E-state index is 0.0794. The molecule has 1 saturated heterocycles. The van der Waals surface area contributed by atoms with Crippen LogP contribution in [0.2, 0.25) is 0 Å². The standard InChI is InChI=1S/C23H31N3O4S/c1-15-7-13-31-18(15)6-8-24-23(29)17-4-2-16(3-5-17)14-25-19-20(22(28)21(19)27)26-9-11-30-12-10-26/h7,13,16-17,25H,2-6,8-12,14H2,1H3,(H,24,29). The Hall–Kier alpha value is -2.19. The Balaban J connectivity index is 1.20. The summed E-state index contributed by atoms with van der Waals surface area (Å²) < 4.78 is 5.34. The van der Waals surface area contributed by atoms with Gasteiger partial charge in [0, 0.05) is 37.0 Å². The number of ether oxygens (including phenoxy) is 1. The molecule has 1 aliphatic carbocycles. The number of rotatable bonds is 8. The van der Waals surface area contributed by atoms with E-state index in [0.29, 0.717) is 56.7 Å². The predicted molar refractivity (Wildman–Crippen MR) is 124 cm³/mol. The Labute approximate surface area is 186 Å². The van der Waals surface area contributed by atoms with Crippen molar-refractivity contribution in [3.8, 4) is 0 Å². The molecule has 0 unspecified atom stereocenters. The first kappa shape index (κ1) is 22.0. The number of nitrogens with one attached hydrogen (secondary N) is 2. The fourth-order valence-corrected chi connectivity index (χ4v) is 5.52. The highest BCUT2D eigenvalue weighted by atomic mass is 32.1. The van der Waals surface area contributed by atoms with Crippen molar-refractivity contribution in [2.45, 2.75) is 39.0 Å². The molecule has 7 nitrogen and oxygen atoms in total. The summed E-state index contributed by atoms with van der Waals surface area (Å²) in [5, 5.41) is 8.44. The van der Waals surface area contributed by atoms with Gasteiger partial charge in [0.05, 0.1) is 13.2 Å². The van der Waals surface area contributed by atoms with Crippen LogP contribution in [0.1, 0.15) is 36.1 Å². The zero-order valence-electron chi connectivity index (χ0n) is 18.1. The summed E-state index contributed by atoms with van der Waals surface area (Å²) in [4.78, 5) is 39.9. The molecule has 1 aromatic heterocycles. The lowest BCUT2D eigenvalue weighted by Crippen LogP contribution is -2.47. The highest BCUT2D eigenvalue weighted by Crippen LogP contribution is 2.30. The number of aryl methyl sites for hydroxylation is 1. The van der Waals surface area contributed by atoms with Gasteiger partial charge in [0.2, 0.25) is 5.91 Å². The summed E-state index contributed by atoms with van der Waals surface area (Å²) in [6.07, 6.45) is 4.55. The Morgan fingerprint density at radius 2 is 1.90 bits per heavy atom. The van der Waals surface area contributed by atoms with Gasteiger partial charge in [0.15, 0.2) is 0 Å². The highest BCUT2D eigenvalue weighted by molar-refractivity contribution is 7.10. The zero-order valence-corrected chi connectivity index (χ0v) is 18.9. The van der Waals surface area contributed by atoms with Gasteiger partial charge < -0.3 is 20.3 Å². The number of carbonyl (C=O) groups excluding carboxylic acids is 1. The first-order valence-corrected chi connectivity index (χ1v) is 12.1. The van der Waals surface area contributed by atoms with Crippen LogP contribution in [0.15, 0.2) is 21.0 Å². The van der Waals surface area contributed by atoms with E-state index in [2.05, 4.69) is 29.0 Å². The summed E-state index contributed by atoms with van der Waals surface area (Å²) in [7, 11) is 0. The molecular weight excluding hydrogens is 414 g/mol. The van der Waals surface area contributed by atoms with Crippen LogP contribution < -0.4 is 26.4 Å². The maximum Gasteiger partial charge on any atom is 0.253 e. The van der Waals surface area contributed by atoms with Crippen LogP contribution in [0, 0.1) is 18.8 Å². The van der Waals surface area contributed by atoms with Crippen LogP contribution in [0.5, 0.6) is 0 Å². The molecule has 2 aliphatic rings. The Morgan fingerprint density at radius 3 is 2.58 bits per heavy atom. The van der Waals surface area contributed by atoms with Crippen molar-refractivity contribution < 1.29 is 9.53 Å². The lowest BCUT2D eigenvalue weighted by atomic mass is 9.81. The highest BCUT2D eigenvalue weighted by Gasteiger charge is 2.29. The maximum absolute atomic E-state index is 12.5. The Morgan fingerprint density at radius 1 is 1.16 bits per heavy atom. The van der Waals surface area contributed by atoms with Crippen molar-refractivity contribution in [3.05, 3.63) is 42.3 Å². The van der Waals surface area contributed by atoms with Crippen molar-refractivity contribution in [2.24, 2.45) is 11.8 Å². The molecule has 0 spiro atoms. The molecule has 1 saturated carbocycles. The molecule has 2 heterocycles. The second-order valence-corrected chi connectivity index (χ2v) is 9.65. The molecule has 8 heteroatoms. The summed E-state index contributed by atoms with van der Waals surface area (Å²) in [6, 6.07) is 2.12. The minimum Gasteiger partial charge on any atom is -0.380 e. The normalized spacial score (nSPS) is 21.9. The van der Waals surface area contributed by atoms with Gasteiger partial charge in [-0.3, -0.25) is 14.4 Å². The fraction of sp³-hybridized carbons (Fsp3) is 0.609. The Kier molecular flexibility index (Phi) is 7.07. The number of amides is 1. The van der Waals surface area contributed by atoms with E-state index in [4.69, 9.17) is 4.74 Å². The fourth-order valence-electron chi connectivity index (χ4n) is 4.61. The average Bonchev–Trinajstić information content (AvgIpc) is 3.21. The molecule has 168 valence electrons. The van der Waals surface area contributed by atoms with Crippen molar-refractivity contribution in [2.75, 3.05) is 49.6 Å². The third kappa shape index (κ3) is 5.01. The molecule has 0 atom stereocenters. The number of carbonyl (C=O) groups is 1. The van der Waals surface area contributed by atoms with Crippen LogP contribution in [-0.4, -0.2) is 45.3 Å². The van der Waals surface area contributed by atoms with Gasteiger partial charge in [-0.25, -0.2) is 0 Å². The molecule has 1 aliphatic heterocycles. The van der Waals surface area contributed by atoms with Gasteiger partial charge in [0.25, 0.3) is 10.9 Å². The van der Waals surface area contributed by atoms with E-state index in [0.717, 1.165) is 32.1 Å². The maximum atomic E-state index is 12.5. The van der Waals surface area contributed by atoms with E-state index < -0.39 is 5.43 Å².